The van der Waals surface area contributed by atoms with Gasteiger partial charge < -0.3 is 4.90 Å². The zero-order valence-electron chi connectivity index (χ0n) is 18.9. The molecule has 3 aromatic rings. The van der Waals surface area contributed by atoms with Crippen LogP contribution in [0, 0.1) is 6.92 Å². The van der Waals surface area contributed by atoms with E-state index in [-0.39, 0.29) is 5.56 Å². The SMILES string of the molecule is Cc1ccc2c(c1)-c1ncn(CCCN3CCN(c4cccc(Cl)c4Cl)CC3)c(=O)c1CC2. The Hall–Kier alpha value is -2.34. The summed E-state index contributed by atoms with van der Waals surface area (Å²) in [5.74, 6) is 0. The quantitative estimate of drug-likeness (QED) is 0.521. The van der Waals surface area contributed by atoms with Crippen molar-refractivity contribution < 1.29 is 0 Å². The maximum absolute atomic E-state index is 13.1. The minimum absolute atomic E-state index is 0.118. The number of nitrogens with zero attached hydrogens (tertiary/aromatic N) is 4. The number of anilines is 1. The molecule has 1 fully saturated rings. The molecule has 33 heavy (non-hydrogen) atoms. The summed E-state index contributed by atoms with van der Waals surface area (Å²) in [4.78, 5) is 22.6. The third kappa shape index (κ3) is 4.54. The molecular formula is C26H28Cl2N4O. The van der Waals surface area contributed by atoms with Crippen molar-refractivity contribution in [3.63, 3.8) is 0 Å². The van der Waals surface area contributed by atoms with Gasteiger partial charge in [-0.1, -0.05) is 47.0 Å². The van der Waals surface area contributed by atoms with Gasteiger partial charge in [-0.25, -0.2) is 4.98 Å². The molecule has 5 nitrogen and oxygen atoms in total. The summed E-state index contributed by atoms with van der Waals surface area (Å²) < 4.78 is 1.79. The Kier molecular flexibility index (Phi) is 6.46. The molecule has 2 aliphatic rings. The first kappa shape index (κ1) is 22.5. The lowest BCUT2D eigenvalue weighted by atomic mass is 9.88. The van der Waals surface area contributed by atoms with Crippen LogP contribution in [0.4, 0.5) is 5.69 Å². The van der Waals surface area contributed by atoms with E-state index in [2.05, 4.69) is 34.9 Å². The maximum atomic E-state index is 13.1. The average molecular weight is 483 g/mol. The number of halogens is 2. The number of rotatable bonds is 5. The molecule has 7 heteroatoms. The second-order valence-corrected chi connectivity index (χ2v) is 9.77. The van der Waals surface area contributed by atoms with Crippen LogP contribution in [-0.4, -0.2) is 47.2 Å². The summed E-state index contributed by atoms with van der Waals surface area (Å²) >= 11 is 12.6. The molecule has 1 aliphatic carbocycles. The molecule has 1 aromatic heterocycles. The predicted octanol–water partition coefficient (Wildman–Crippen LogP) is 4.84. The molecule has 0 N–H and O–H groups in total. The van der Waals surface area contributed by atoms with E-state index in [1.54, 1.807) is 10.9 Å². The summed E-state index contributed by atoms with van der Waals surface area (Å²) in [7, 11) is 0. The summed E-state index contributed by atoms with van der Waals surface area (Å²) in [6.07, 6.45) is 4.34. The van der Waals surface area contributed by atoms with E-state index in [0.29, 0.717) is 16.6 Å². The van der Waals surface area contributed by atoms with E-state index in [4.69, 9.17) is 28.2 Å². The fourth-order valence-electron chi connectivity index (χ4n) is 4.95. The van der Waals surface area contributed by atoms with Crippen molar-refractivity contribution in [3.8, 4) is 11.3 Å². The molecular weight excluding hydrogens is 455 g/mol. The van der Waals surface area contributed by atoms with Gasteiger partial charge in [0.1, 0.15) is 0 Å². The number of fused-ring (bicyclic) bond motifs is 3. The molecule has 1 saturated heterocycles. The summed E-state index contributed by atoms with van der Waals surface area (Å²) in [5, 5.41) is 1.23. The van der Waals surface area contributed by atoms with Crippen LogP contribution in [0.2, 0.25) is 10.0 Å². The third-order valence-corrected chi connectivity index (χ3v) is 7.62. The number of benzene rings is 2. The van der Waals surface area contributed by atoms with E-state index < -0.39 is 0 Å². The minimum atomic E-state index is 0.118. The Balaban J connectivity index is 1.19. The van der Waals surface area contributed by atoms with Gasteiger partial charge in [0.15, 0.2) is 0 Å². The first-order valence-electron chi connectivity index (χ1n) is 11.6. The third-order valence-electron chi connectivity index (χ3n) is 6.81. The molecule has 0 saturated carbocycles. The molecule has 2 heterocycles. The number of hydrogen-bond donors (Lipinski definition) is 0. The average Bonchev–Trinajstić information content (AvgIpc) is 2.82. The number of hydrogen-bond acceptors (Lipinski definition) is 4. The van der Waals surface area contributed by atoms with E-state index >= 15 is 0 Å². The fourth-order valence-corrected chi connectivity index (χ4v) is 5.37. The Morgan fingerprint density at radius 3 is 2.64 bits per heavy atom. The molecule has 0 atom stereocenters. The number of aromatic nitrogens is 2. The van der Waals surface area contributed by atoms with E-state index in [1.807, 2.05) is 18.2 Å². The van der Waals surface area contributed by atoms with Gasteiger partial charge in [-0.05, 0) is 56.5 Å². The van der Waals surface area contributed by atoms with Gasteiger partial charge in [0.2, 0.25) is 0 Å². The lowest BCUT2D eigenvalue weighted by molar-refractivity contribution is 0.250. The van der Waals surface area contributed by atoms with Gasteiger partial charge in [-0.15, -0.1) is 0 Å². The monoisotopic (exact) mass is 482 g/mol. The second-order valence-electron chi connectivity index (χ2n) is 8.99. The molecule has 172 valence electrons. The standard InChI is InChI=1S/C26H28Cl2N4O/c1-18-6-7-19-8-9-20-25(21(19)16-18)29-17-32(26(20)33)11-3-10-30-12-14-31(15-13-30)23-5-2-4-22(27)24(23)28/h2,4-7,16-17H,3,8-15H2,1H3. The van der Waals surface area contributed by atoms with Crippen LogP contribution in [0.5, 0.6) is 0 Å². The number of piperazine rings is 1. The Morgan fingerprint density at radius 2 is 1.82 bits per heavy atom. The first-order valence-corrected chi connectivity index (χ1v) is 12.4. The van der Waals surface area contributed by atoms with E-state index in [0.717, 1.165) is 74.5 Å². The molecule has 5 rings (SSSR count). The van der Waals surface area contributed by atoms with Crippen LogP contribution >= 0.6 is 23.2 Å². The predicted molar refractivity (Wildman–Crippen MR) is 136 cm³/mol. The Labute approximate surface area is 204 Å². The van der Waals surface area contributed by atoms with Crippen LogP contribution < -0.4 is 10.5 Å². The normalized spacial score (nSPS) is 15.9. The van der Waals surface area contributed by atoms with Crippen LogP contribution in [0.3, 0.4) is 0 Å². The van der Waals surface area contributed by atoms with Gasteiger partial charge in [0.25, 0.3) is 5.56 Å². The fraction of sp³-hybridized carbons (Fsp3) is 0.385. The van der Waals surface area contributed by atoms with Gasteiger partial charge in [0.05, 0.1) is 27.8 Å². The molecule has 0 bridgehead atoms. The smallest absolute Gasteiger partial charge is 0.257 e. The topological polar surface area (TPSA) is 41.4 Å². The van der Waals surface area contributed by atoms with Crippen LogP contribution in [0.15, 0.2) is 47.5 Å². The highest BCUT2D eigenvalue weighted by atomic mass is 35.5. The molecule has 0 amide bonds. The molecule has 0 unspecified atom stereocenters. The van der Waals surface area contributed by atoms with E-state index in [1.165, 1.54) is 11.1 Å². The van der Waals surface area contributed by atoms with Crippen molar-refractivity contribution in [1.29, 1.82) is 0 Å². The van der Waals surface area contributed by atoms with E-state index in [9.17, 15) is 4.79 Å². The highest BCUT2D eigenvalue weighted by Crippen LogP contribution is 2.33. The molecule has 0 radical (unpaired) electrons. The summed E-state index contributed by atoms with van der Waals surface area (Å²) in [6, 6.07) is 12.2. The van der Waals surface area contributed by atoms with Gasteiger partial charge >= 0.3 is 0 Å². The summed E-state index contributed by atoms with van der Waals surface area (Å²) in [6.45, 7) is 7.51. The van der Waals surface area contributed by atoms with Gasteiger partial charge in [0, 0.05) is 43.9 Å². The Bertz CT molecular complexity index is 1230. The highest BCUT2D eigenvalue weighted by molar-refractivity contribution is 6.43. The van der Waals surface area contributed by atoms with Crippen molar-refractivity contribution in [2.75, 3.05) is 37.6 Å². The lowest BCUT2D eigenvalue weighted by Gasteiger charge is -2.36. The van der Waals surface area contributed by atoms with Gasteiger partial charge in [-0.2, -0.15) is 0 Å². The van der Waals surface area contributed by atoms with Crippen LogP contribution in [0.25, 0.3) is 11.3 Å². The van der Waals surface area contributed by atoms with Crippen molar-refractivity contribution >= 4 is 28.9 Å². The Morgan fingerprint density at radius 1 is 1.00 bits per heavy atom. The van der Waals surface area contributed by atoms with Crippen LogP contribution in [0.1, 0.15) is 23.1 Å². The van der Waals surface area contributed by atoms with Gasteiger partial charge in [-0.3, -0.25) is 14.3 Å². The lowest BCUT2D eigenvalue weighted by Crippen LogP contribution is -2.47. The highest BCUT2D eigenvalue weighted by Gasteiger charge is 2.22. The van der Waals surface area contributed by atoms with Crippen molar-refractivity contribution in [3.05, 3.63) is 79.8 Å². The van der Waals surface area contributed by atoms with Crippen molar-refractivity contribution in [2.45, 2.75) is 32.7 Å². The van der Waals surface area contributed by atoms with Crippen molar-refractivity contribution in [1.82, 2.24) is 14.5 Å². The van der Waals surface area contributed by atoms with Crippen molar-refractivity contribution in [2.24, 2.45) is 0 Å². The zero-order chi connectivity index (χ0) is 22.9. The molecule has 1 aliphatic heterocycles. The molecule has 2 aromatic carbocycles. The maximum Gasteiger partial charge on any atom is 0.257 e. The second kappa shape index (κ2) is 9.49. The number of aryl methyl sites for hydroxylation is 3. The first-order chi connectivity index (χ1) is 16.0. The summed E-state index contributed by atoms with van der Waals surface area (Å²) in [5.41, 5.74) is 6.47. The zero-order valence-corrected chi connectivity index (χ0v) is 20.4. The largest absolute Gasteiger partial charge is 0.368 e. The minimum Gasteiger partial charge on any atom is -0.368 e. The molecule has 0 spiro atoms. The van der Waals surface area contributed by atoms with Crippen LogP contribution in [-0.2, 0) is 19.4 Å².